The largest absolute Gasteiger partial charge is 0.350 e. The Hall–Kier alpha value is -3.51. The van der Waals surface area contributed by atoms with Crippen molar-refractivity contribution in [2.75, 3.05) is 10.2 Å². The monoisotopic (exact) mass is 424 g/mol. The van der Waals surface area contributed by atoms with Gasteiger partial charge in [-0.05, 0) is 60.5 Å². The molecule has 0 radical (unpaired) electrons. The molecule has 150 valence electrons. The minimum Gasteiger partial charge on any atom is -0.350 e. The van der Waals surface area contributed by atoms with Crippen molar-refractivity contribution in [1.82, 2.24) is 0 Å². The summed E-state index contributed by atoms with van der Waals surface area (Å²) in [6.07, 6.45) is 0. The number of benzene rings is 3. The number of aryl methyl sites for hydroxylation is 1. The predicted octanol–water partition coefficient (Wildman–Crippen LogP) is 5.32. The fourth-order valence-corrected chi connectivity index (χ4v) is 3.37. The molecule has 1 aliphatic rings. The molecular formula is C23H15ClF2N2O2. The second kappa shape index (κ2) is 7.72. The van der Waals surface area contributed by atoms with Gasteiger partial charge in [0.1, 0.15) is 17.3 Å². The molecule has 3 aromatic rings. The van der Waals surface area contributed by atoms with Crippen LogP contribution in [0.2, 0.25) is 5.02 Å². The van der Waals surface area contributed by atoms with Gasteiger partial charge in [0.05, 0.1) is 11.3 Å². The molecule has 0 unspecified atom stereocenters. The van der Waals surface area contributed by atoms with E-state index < -0.39 is 23.4 Å². The molecule has 0 saturated heterocycles. The van der Waals surface area contributed by atoms with Crippen LogP contribution in [-0.2, 0) is 9.59 Å². The van der Waals surface area contributed by atoms with Gasteiger partial charge in [-0.3, -0.25) is 9.59 Å². The predicted molar refractivity (Wildman–Crippen MR) is 112 cm³/mol. The van der Waals surface area contributed by atoms with E-state index in [2.05, 4.69) is 5.32 Å². The standard InChI is InChI=1S/C23H15ClF2N2O2/c1-13-5-10-18(12-19(13)24)28-22(29)20(14-6-8-15(25)9-7-14)21(23(28)30)27-17-4-2-3-16(26)11-17/h2-12,27H,1H3. The van der Waals surface area contributed by atoms with Gasteiger partial charge in [0.15, 0.2) is 0 Å². The van der Waals surface area contributed by atoms with Gasteiger partial charge in [-0.2, -0.15) is 0 Å². The fourth-order valence-electron chi connectivity index (χ4n) is 3.20. The molecule has 2 amide bonds. The Morgan fingerprint density at radius 2 is 1.60 bits per heavy atom. The van der Waals surface area contributed by atoms with Crippen molar-refractivity contribution >= 4 is 40.4 Å². The van der Waals surface area contributed by atoms with Crippen LogP contribution < -0.4 is 10.2 Å². The van der Waals surface area contributed by atoms with E-state index in [4.69, 9.17) is 11.6 Å². The molecule has 7 heteroatoms. The Morgan fingerprint density at radius 1 is 0.867 bits per heavy atom. The lowest BCUT2D eigenvalue weighted by molar-refractivity contribution is -0.120. The van der Waals surface area contributed by atoms with Crippen LogP contribution in [0.4, 0.5) is 20.2 Å². The summed E-state index contributed by atoms with van der Waals surface area (Å²) in [4.78, 5) is 27.5. The summed E-state index contributed by atoms with van der Waals surface area (Å²) in [5.74, 6) is -2.19. The first-order valence-corrected chi connectivity index (χ1v) is 9.40. The molecule has 0 atom stereocenters. The van der Waals surface area contributed by atoms with E-state index in [1.54, 1.807) is 25.1 Å². The summed E-state index contributed by atoms with van der Waals surface area (Å²) < 4.78 is 27.0. The highest BCUT2D eigenvalue weighted by Gasteiger charge is 2.40. The molecule has 1 aliphatic heterocycles. The molecule has 4 rings (SSSR count). The number of amides is 2. The maximum atomic E-state index is 13.6. The molecular weight excluding hydrogens is 410 g/mol. The molecule has 0 fully saturated rings. The SMILES string of the molecule is Cc1ccc(N2C(=O)C(Nc3cccc(F)c3)=C(c3ccc(F)cc3)C2=O)cc1Cl. The Balaban J connectivity index is 1.83. The van der Waals surface area contributed by atoms with Crippen LogP contribution in [0.15, 0.2) is 72.4 Å². The van der Waals surface area contributed by atoms with Crippen molar-refractivity contribution in [3.05, 3.63) is 100 Å². The van der Waals surface area contributed by atoms with Crippen LogP contribution in [0.1, 0.15) is 11.1 Å². The zero-order valence-corrected chi connectivity index (χ0v) is 16.5. The van der Waals surface area contributed by atoms with E-state index in [-0.39, 0.29) is 11.3 Å². The number of hydrogen-bond donors (Lipinski definition) is 1. The third-order valence-electron chi connectivity index (χ3n) is 4.72. The van der Waals surface area contributed by atoms with Crippen molar-refractivity contribution in [2.45, 2.75) is 6.92 Å². The number of hydrogen-bond acceptors (Lipinski definition) is 3. The summed E-state index contributed by atoms with van der Waals surface area (Å²) in [5, 5.41) is 3.26. The van der Waals surface area contributed by atoms with E-state index in [9.17, 15) is 18.4 Å². The van der Waals surface area contributed by atoms with Gasteiger partial charge >= 0.3 is 0 Å². The van der Waals surface area contributed by atoms with Crippen LogP contribution in [-0.4, -0.2) is 11.8 Å². The number of nitrogens with one attached hydrogen (secondary N) is 1. The normalized spacial score (nSPS) is 13.9. The lowest BCUT2D eigenvalue weighted by atomic mass is 10.0. The van der Waals surface area contributed by atoms with E-state index in [1.807, 2.05) is 0 Å². The number of halogens is 3. The van der Waals surface area contributed by atoms with Gasteiger partial charge < -0.3 is 5.32 Å². The van der Waals surface area contributed by atoms with Gasteiger partial charge in [0, 0.05) is 10.7 Å². The summed E-state index contributed by atoms with van der Waals surface area (Å²) in [7, 11) is 0. The fraction of sp³-hybridized carbons (Fsp3) is 0.0435. The number of nitrogens with zero attached hydrogens (tertiary/aromatic N) is 1. The topological polar surface area (TPSA) is 49.4 Å². The first kappa shape index (κ1) is 19.8. The van der Waals surface area contributed by atoms with Crippen LogP contribution in [0.25, 0.3) is 5.57 Å². The molecule has 0 saturated carbocycles. The Bertz CT molecular complexity index is 1210. The van der Waals surface area contributed by atoms with Crippen LogP contribution >= 0.6 is 11.6 Å². The van der Waals surface area contributed by atoms with Crippen LogP contribution in [0.5, 0.6) is 0 Å². The number of carbonyl (C=O) groups is 2. The molecule has 0 aromatic heterocycles. The van der Waals surface area contributed by atoms with Crippen molar-refractivity contribution in [2.24, 2.45) is 0 Å². The second-order valence-corrected chi connectivity index (χ2v) is 7.18. The zero-order chi connectivity index (χ0) is 21.4. The lowest BCUT2D eigenvalue weighted by Gasteiger charge is -2.16. The molecule has 1 heterocycles. The molecule has 3 aromatic carbocycles. The Morgan fingerprint density at radius 3 is 2.27 bits per heavy atom. The summed E-state index contributed by atoms with van der Waals surface area (Å²) in [6, 6.07) is 15.6. The molecule has 0 spiro atoms. The number of anilines is 2. The Labute approximate surface area is 176 Å². The van der Waals surface area contributed by atoms with Crippen molar-refractivity contribution in [1.29, 1.82) is 0 Å². The summed E-state index contributed by atoms with van der Waals surface area (Å²) in [5.41, 5.74) is 1.78. The van der Waals surface area contributed by atoms with E-state index in [1.165, 1.54) is 48.5 Å². The molecule has 0 aliphatic carbocycles. The molecule has 30 heavy (non-hydrogen) atoms. The van der Waals surface area contributed by atoms with Crippen molar-refractivity contribution < 1.29 is 18.4 Å². The van der Waals surface area contributed by atoms with Gasteiger partial charge in [-0.15, -0.1) is 0 Å². The van der Waals surface area contributed by atoms with Gasteiger partial charge in [0.25, 0.3) is 11.8 Å². The van der Waals surface area contributed by atoms with Crippen LogP contribution in [0.3, 0.4) is 0 Å². The lowest BCUT2D eigenvalue weighted by Crippen LogP contribution is -2.32. The quantitative estimate of drug-likeness (QED) is 0.576. The smallest absolute Gasteiger partial charge is 0.282 e. The molecule has 4 nitrogen and oxygen atoms in total. The average Bonchev–Trinajstić information content (AvgIpc) is 2.95. The maximum absolute atomic E-state index is 13.6. The highest BCUT2D eigenvalue weighted by Crippen LogP contribution is 2.35. The number of carbonyl (C=O) groups excluding carboxylic acids is 2. The Kier molecular flexibility index (Phi) is 5.10. The summed E-state index contributed by atoms with van der Waals surface area (Å²) >= 11 is 6.18. The number of imide groups is 1. The third kappa shape index (κ3) is 3.57. The van der Waals surface area contributed by atoms with Crippen molar-refractivity contribution in [3.63, 3.8) is 0 Å². The van der Waals surface area contributed by atoms with E-state index in [0.29, 0.717) is 22.0 Å². The van der Waals surface area contributed by atoms with Gasteiger partial charge in [-0.1, -0.05) is 35.9 Å². The third-order valence-corrected chi connectivity index (χ3v) is 5.13. The first-order chi connectivity index (χ1) is 14.3. The zero-order valence-electron chi connectivity index (χ0n) is 15.7. The van der Waals surface area contributed by atoms with E-state index in [0.717, 1.165) is 10.5 Å². The number of rotatable bonds is 4. The molecule has 1 N–H and O–H groups in total. The second-order valence-electron chi connectivity index (χ2n) is 6.77. The van der Waals surface area contributed by atoms with E-state index >= 15 is 0 Å². The highest BCUT2D eigenvalue weighted by atomic mass is 35.5. The first-order valence-electron chi connectivity index (χ1n) is 9.03. The molecule has 0 bridgehead atoms. The van der Waals surface area contributed by atoms with Gasteiger partial charge in [0.2, 0.25) is 0 Å². The van der Waals surface area contributed by atoms with Crippen molar-refractivity contribution in [3.8, 4) is 0 Å². The highest BCUT2D eigenvalue weighted by molar-refractivity contribution is 6.46. The maximum Gasteiger partial charge on any atom is 0.282 e. The minimum atomic E-state index is -0.622. The average molecular weight is 425 g/mol. The minimum absolute atomic E-state index is 0.0334. The van der Waals surface area contributed by atoms with Crippen LogP contribution in [0, 0.1) is 18.6 Å². The summed E-state index contributed by atoms with van der Waals surface area (Å²) in [6.45, 7) is 1.80. The van der Waals surface area contributed by atoms with Gasteiger partial charge in [-0.25, -0.2) is 13.7 Å².